The molecule has 0 fully saturated rings. The minimum Gasteiger partial charge on any atom is -0.331 e. The molecular formula is C13H8BrClN2S. The second kappa shape index (κ2) is 4.88. The van der Waals surface area contributed by atoms with Gasteiger partial charge in [0.05, 0.1) is 15.9 Å². The molecule has 0 amide bonds. The van der Waals surface area contributed by atoms with Crippen LogP contribution >= 0.6 is 38.9 Å². The Morgan fingerprint density at radius 2 is 2.00 bits per heavy atom. The largest absolute Gasteiger partial charge is 0.331 e. The summed E-state index contributed by atoms with van der Waals surface area (Å²) >= 11 is 11.1. The normalized spacial score (nSPS) is 10.8. The molecule has 0 atom stereocenters. The summed E-state index contributed by atoms with van der Waals surface area (Å²) in [6, 6.07) is 13.7. The van der Waals surface area contributed by atoms with Gasteiger partial charge in [-0.05, 0) is 46.3 Å². The monoisotopic (exact) mass is 338 g/mol. The molecule has 5 heteroatoms. The average Bonchev–Trinajstić information content (AvgIpc) is 2.76. The van der Waals surface area contributed by atoms with Crippen LogP contribution in [-0.2, 0) is 0 Å². The van der Waals surface area contributed by atoms with Crippen molar-refractivity contribution in [2.75, 3.05) is 5.32 Å². The highest BCUT2D eigenvalue weighted by atomic mass is 79.9. The molecular weight excluding hydrogens is 332 g/mol. The Kier molecular flexibility index (Phi) is 3.24. The van der Waals surface area contributed by atoms with Crippen molar-refractivity contribution in [3.05, 3.63) is 52.0 Å². The van der Waals surface area contributed by atoms with Crippen molar-refractivity contribution in [3.8, 4) is 0 Å². The molecule has 0 saturated heterocycles. The highest BCUT2D eigenvalue weighted by Crippen LogP contribution is 2.32. The number of hydrogen-bond acceptors (Lipinski definition) is 3. The van der Waals surface area contributed by atoms with E-state index in [1.807, 2.05) is 36.4 Å². The van der Waals surface area contributed by atoms with Gasteiger partial charge in [-0.1, -0.05) is 35.1 Å². The lowest BCUT2D eigenvalue weighted by Gasteiger charge is -2.05. The Bertz CT molecular complexity index is 678. The first-order valence-corrected chi connectivity index (χ1v) is 7.29. The first-order valence-electron chi connectivity index (χ1n) is 5.30. The van der Waals surface area contributed by atoms with E-state index in [-0.39, 0.29) is 0 Å². The van der Waals surface area contributed by atoms with E-state index in [0.29, 0.717) is 5.02 Å². The zero-order valence-electron chi connectivity index (χ0n) is 9.15. The summed E-state index contributed by atoms with van der Waals surface area (Å²) in [5.74, 6) is 0. The van der Waals surface area contributed by atoms with Crippen molar-refractivity contribution in [3.63, 3.8) is 0 Å². The number of aromatic nitrogens is 1. The van der Waals surface area contributed by atoms with Gasteiger partial charge in [0.25, 0.3) is 0 Å². The van der Waals surface area contributed by atoms with Gasteiger partial charge in [-0.25, -0.2) is 4.98 Å². The number of para-hydroxylation sites is 1. The van der Waals surface area contributed by atoms with E-state index in [4.69, 9.17) is 11.6 Å². The second-order valence-electron chi connectivity index (χ2n) is 3.74. The highest BCUT2D eigenvalue weighted by Gasteiger charge is 2.06. The predicted octanol–water partition coefficient (Wildman–Crippen LogP) is 5.46. The van der Waals surface area contributed by atoms with Gasteiger partial charge < -0.3 is 5.32 Å². The van der Waals surface area contributed by atoms with Crippen LogP contribution in [0.3, 0.4) is 0 Å². The Morgan fingerprint density at radius 3 is 2.83 bits per heavy atom. The minimum atomic E-state index is 0.696. The van der Waals surface area contributed by atoms with E-state index < -0.39 is 0 Å². The third-order valence-electron chi connectivity index (χ3n) is 2.46. The van der Waals surface area contributed by atoms with E-state index in [0.717, 1.165) is 25.5 Å². The lowest BCUT2D eigenvalue weighted by Crippen LogP contribution is -1.90. The molecule has 0 aliphatic carbocycles. The number of benzene rings is 2. The second-order valence-corrected chi connectivity index (χ2v) is 6.06. The number of anilines is 2. The van der Waals surface area contributed by atoms with Gasteiger partial charge in [-0.2, -0.15) is 0 Å². The first kappa shape index (κ1) is 12.0. The summed E-state index contributed by atoms with van der Waals surface area (Å²) in [4.78, 5) is 4.52. The fourth-order valence-corrected chi connectivity index (χ4v) is 3.03. The van der Waals surface area contributed by atoms with Crippen LogP contribution in [0, 0.1) is 0 Å². The molecule has 2 nitrogen and oxygen atoms in total. The van der Waals surface area contributed by atoms with Crippen LogP contribution in [0.5, 0.6) is 0 Å². The van der Waals surface area contributed by atoms with Crippen molar-refractivity contribution in [2.45, 2.75) is 0 Å². The van der Waals surface area contributed by atoms with E-state index in [1.54, 1.807) is 11.3 Å². The Balaban J connectivity index is 1.98. The van der Waals surface area contributed by atoms with Crippen LogP contribution in [0.1, 0.15) is 0 Å². The molecule has 1 heterocycles. The molecule has 3 rings (SSSR count). The van der Waals surface area contributed by atoms with Crippen molar-refractivity contribution in [2.24, 2.45) is 0 Å². The van der Waals surface area contributed by atoms with Gasteiger partial charge in [0, 0.05) is 9.50 Å². The average molecular weight is 340 g/mol. The fourth-order valence-electron chi connectivity index (χ4n) is 1.63. The molecule has 0 bridgehead atoms. The Labute approximate surface area is 122 Å². The number of nitrogens with zero attached hydrogens (tertiary/aromatic N) is 1. The number of halogens is 2. The zero-order valence-corrected chi connectivity index (χ0v) is 12.3. The van der Waals surface area contributed by atoms with Gasteiger partial charge in [0.2, 0.25) is 0 Å². The molecule has 0 saturated carbocycles. The van der Waals surface area contributed by atoms with Crippen LogP contribution in [0.25, 0.3) is 10.2 Å². The molecule has 0 aliphatic heterocycles. The van der Waals surface area contributed by atoms with Crippen LogP contribution in [0.15, 0.2) is 46.9 Å². The van der Waals surface area contributed by atoms with Gasteiger partial charge in [0.1, 0.15) is 0 Å². The van der Waals surface area contributed by atoms with Crippen LogP contribution < -0.4 is 5.32 Å². The third kappa shape index (κ3) is 2.36. The topological polar surface area (TPSA) is 24.9 Å². The van der Waals surface area contributed by atoms with E-state index in [1.165, 1.54) is 0 Å². The molecule has 0 unspecified atom stereocenters. The summed E-state index contributed by atoms with van der Waals surface area (Å²) in [6.07, 6.45) is 0. The van der Waals surface area contributed by atoms with Crippen molar-refractivity contribution in [1.29, 1.82) is 0 Å². The predicted molar refractivity (Wildman–Crippen MR) is 82.1 cm³/mol. The Morgan fingerprint density at radius 1 is 1.17 bits per heavy atom. The summed E-state index contributed by atoms with van der Waals surface area (Å²) in [5.41, 5.74) is 1.92. The van der Waals surface area contributed by atoms with Gasteiger partial charge in [0.15, 0.2) is 5.13 Å². The molecule has 18 heavy (non-hydrogen) atoms. The smallest absolute Gasteiger partial charge is 0.188 e. The van der Waals surface area contributed by atoms with Crippen molar-refractivity contribution >= 4 is 59.9 Å². The van der Waals surface area contributed by atoms with E-state index in [9.17, 15) is 0 Å². The lowest BCUT2D eigenvalue weighted by atomic mass is 10.3. The molecule has 2 aromatic carbocycles. The minimum absolute atomic E-state index is 0.696. The maximum Gasteiger partial charge on any atom is 0.188 e. The maximum atomic E-state index is 5.98. The lowest BCUT2D eigenvalue weighted by molar-refractivity contribution is 1.43. The molecule has 90 valence electrons. The summed E-state index contributed by atoms with van der Waals surface area (Å²) < 4.78 is 2.13. The van der Waals surface area contributed by atoms with Crippen LogP contribution in [0.4, 0.5) is 10.8 Å². The molecule has 0 radical (unpaired) electrons. The van der Waals surface area contributed by atoms with Gasteiger partial charge in [-0.15, -0.1) is 0 Å². The Hall–Kier alpha value is -1.10. The number of rotatable bonds is 2. The SMILES string of the molecule is Clc1ccc(Br)c(Nc2nc3ccccc3s2)c1. The fraction of sp³-hybridized carbons (Fsp3) is 0. The molecule has 0 aliphatic rings. The van der Waals surface area contributed by atoms with Crippen molar-refractivity contribution < 1.29 is 0 Å². The molecule has 0 spiro atoms. The quantitative estimate of drug-likeness (QED) is 0.671. The number of fused-ring (bicyclic) bond motifs is 1. The van der Waals surface area contributed by atoms with Gasteiger partial charge >= 0.3 is 0 Å². The molecule has 1 aromatic heterocycles. The summed E-state index contributed by atoms with van der Waals surface area (Å²) in [5, 5.41) is 4.84. The maximum absolute atomic E-state index is 5.98. The molecule has 1 N–H and O–H groups in total. The van der Waals surface area contributed by atoms with Crippen LogP contribution in [-0.4, -0.2) is 4.98 Å². The zero-order chi connectivity index (χ0) is 12.5. The standard InChI is InChI=1S/C13H8BrClN2S/c14-9-6-5-8(15)7-11(9)17-13-16-10-3-1-2-4-12(10)18-13/h1-7H,(H,16,17). The van der Waals surface area contributed by atoms with Crippen LogP contribution in [0.2, 0.25) is 5.02 Å². The third-order valence-corrected chi connectivity index (χ3v) is 4.34. The van der Waals surface area contributed by atoms with E-state index >= 15 is 0 Å². The van der Waals surface area contributed by atoms with Gasteiger partial charge in [-0.3, -0.25) is 0 Å². The number of hydrogen-bond donors (Lipinski definition) is 1. The molecule has 3 aromatic rings. The number of nitrogens with one attached hydrogen (secondary N) is 1. The van der Waals surface area contributed by atoms with E-state index in [2.05, 4.69) is 32.3 Å². The first-order chi connectivity index (χ1) is 8.72. The van der Waals surface area contributed by atoms with Crippen molar-refractivity contribution in [1.82, 2.24) is 4.98 Å². The number of thiazole rings is 1. The highest BCUT2D eigenvalue weighted by molar-refractivity contribution is 9.10. The summed E-state index contributed by atoms with van der Waals surface area (Å²) in [6.45, 7) is 0. The summed E-state index contributed by atoms with van der Waals surface area (Å²) in [7, 11) is 0.